The van der Waals surface area contributed by atoms with Crippen molar-refractivity contribution >= 4 is 20.8 Å². The van der Waals surface area contributed by atoms with Crippen molar-refractivity contribution in [3.05, 3.63) is 54.1 Å². The van der Waals surface area contributed by atoms with Crippen LogP contribution in [-0.4, -0.2) is 24.5 Å². The van der Waals surface area contributed by atoms with Gasteiger partial charge in [-0.25, -0.2) is 0 Å². The lowest BCUT2D eigenvalue weighted by atomic mass is 9.97. The van der Waals surface area contributed by atoms with E-state index in [1.807, 2.05) is 0 Å². The van der Waals surface area contributed by atoms with Gasteiger partial charge in [-0.1, -0.05) is 48.6 Å². The van der Waals surface area contributed by atoms with E-state index in [0.717, 1.165) is 6.08 Å². The highest BCUT2D eigenvalue weighted by Crippen LogP contribution is 2.73. The fraction of sp³-hybridized carbons (Fsp3) is 0.167. The van der Waals surface area contributed by atoms with Gasteiger partial charge in [-0.3, -0.25) is 9.13 Å². The summed E-state index contributed by atoms with van der Waals surface area (Å²) >= 11 is 0. The summed E-state index contributed by atoms with van der Waals surface area (Å²) < 4.78 is 23.3. The van der Waals surface area contributed by atoms with E-state index in [0.29, 0.717) is 11.1 Å². The minimum absolute atomic E-state index is 0.415. The van der Waals surface area contributed by atoms with Gasteiger partial charge in [0.25, 0.3) is 0 Å². The average Bonchev–Trinajstić information content (AvgIpc) is 2.37. The minimum Gasteiger partial charge on any atom is -0.323 e. The molecule has 0 radical (unpaired) electrons. The third-order valence-electron chi connectivity index (χ3n) is 3.26. The van der Waals surface area contributed by atoms with Crippen LogP contribution in [0.5, 0.6) is 0 Å². The van der Waals surface area contributed by atoms with Crippen molar-refractivity contribution in [1.82, 2.24) is 0 Å². The van der Waals surface area contributed by atoms with Crippen LogP contribution in [0.4, 0.5) is 0 Å². The summed E-state index contributed by atoms with van der Waals surface area (Å²) in [5.74, 6) is 0. The highest BCUT2D eigenvalue weighted by Gasteiger charge is 2.59. The van der Waals surface area contributed by atoms with Gasteiger partial charge in [0.2, 0.25) is 0 Å². The molecule has 108 valence electrons. The topological polar surface area (TPSA) is 115 Å². The van der Waals surface area contributed by atoms with E-state index in [1.54, 1.807) is 36.4 Å². The Kier molecular flexibility index (Phi) is 3.91. The first kappa shape index (κ1) is 15.4. The van der Waals surface area contributed by atoms with E-state index in [9.17, 15) is 28.7 Å². The van der Waals surface area contributed by atoms with Gasteiger partial charge in [0.05, 0.1) is 0 Å². The molecule has 8 heteroatoms. The van der Waals surface area contributed by atoms with Crippen LogP contribution in [0.3, 0.4) is 0 Å². The zero-order chi connectivity index (χ0) is 15.0. The molecule has 0 fully saturated rings. The van der Waals surface area contributed by atoms with Gasteiger partial charge in [0, 0.05) is 6.42 Å². The van der Waals surface area contributed by atoms with Crippen LogP contribution in [0.1, 0.15) is 12.0 Å². The maximum Gasteiger partial charge on any atom is 0.347 e. The molecule has 0 bridgehead atoms. The maximum atomic E-state index is 11.7. The van der Waals surface area contributed by atoms with E-state index < -0.39 is 26.5 Å². The lowest BCUT2D eigenvalue weighted by Gasteiger charge is -2.34. The molecule has 1 aromatic rings. The Hall–Kier alpha value is -1.00. The molecule has 0 amide bonds. The summed E-state index contributed by atoms with van der Waals surface area (Å²) in [6, 6.07) is 8.70. The van der Waals surface area contributed by atoms with E-state index in [1.165, 1.54) is 6.08 Å². The minimum atomic E-state index is -5.04. The predicted molar refractivity (Wildman–Crippen MR) is 75.0 cm³/mol. The summed E-state index contributed by atoms with van der Waals surface area (Å²) in [4.78, 5) is 35.2. The monoisotopic (exact) mass is 316 g/mol. The molecule has 20 heavy (non-hydrogen) atoms. The van der Waals surface area contributed by atoms with E-state index in [2.05, 4.69) is 0 Å². The zero-order valence-electron chi connectivity index (χ0n) is 10.3. The van der Waals surface area contributed by atoms with Crippen LogP contribution in [0, 0.1) is 0 Å². The number of hydrogen-bond acceptors (Lipinski definition) is 2. The molecule has 6 nitrogen and oxygen atoms in total. The molecule has 1 aliphatic carbocycles. The predicted octanol–water partition coefficient (Wildman–Crippen LogP) is 2.08. The largest absolute Gasteiger partial charge is 0.347 e. The van der Waals surface area contributed by atoms with Gasteiger partial charge < -0.3 is 19.6 Å². The van der Waals surface area contributed by atoms with Crippen LogP contribution >= 0.6 is 15.2 Å². The first-order chi connectivity index (χ1) is 9.17. The number of benzene rings is 1. The molecule has 4 N–H and O–H groups in total. The van der Waals surface area contributed by atoms with Crippen LogP contribution in [0.15, 0.2) is 48.6 Å². The van der Waals surface area contributed by atoms with Crippen LogP contribution < -0.4 is 0 Å². The van der Waals surface area contributed by atoms with Crippen LogP contribution in [0.25, 0.3) is 5.57 Å². The third kappa shape index (κ3) is 2.59. The molecule has 0 saturated carbocycles. The Morgan fingerprint density at radius 1 is 0.950 bits per heavy atom. The Labute approximate surface area is 115 Å². The molecule has 2 rings (SSSR count). The molecule has 0 aliphatic heterocycles. The zero-order valence-corrected chi connectivity index (χ0v) is 12.1. The molecule has 0 atom stereocenters. The molecular weight excluding hydrogens is 302 g/mol. The maximum absolute atomic E-state index is 11.7. The highest BCUT2D eigenvalue weighted by atomic mass is 31.2. The lowest BCUT2D eigenvalue weighted by Crippen LogP contribution is -2.28. The Morgan fingerprint density at radius 2 is 1.50 bits per heavy atom. The lowest BCUT2D eigenvalue weighted by molar-refractivity contribution is 0.322. The summed E-state index contributed by atoms with van der Waals surface area (Å²) in [6.45, 7) is 0. The molecule has 0 heterocycles. The van der Waals surface area contributed by atoms with Gasteiger partial charge in [-0.15, -0.1) is 0 Å². The highest BCUT2D eigenvalue weighted by molar-refractivity contribution is 7.72. The van der Waals surface area contributed by atoms with Gasteiger partial charge in [0.15, 0.2) is 4.90 Å². The number of rotatable bonds is 3. The Bertz CT molecular complexity index is 630. The normalized spacial score (nSPS) is 18.7. The summed E-state index contributed by atoms with van der Waals surface area (Å²) in [7, 11) is -10.1. The molecule has 0 unspecified atom stereocenters. The standard InChI is InChI=1S/C12H14O6P2/c13-19(14,15)12(20(16,17)18)8-4-7-11(9-12)10-5-2-1-3-6-10/h1-8H,9H2,(H2,13,14,15)(H2,16,17,18). The first-order valence-corrected chi connectivity index (χ1v) is 8.95. The summed E-state index contributed by atoms with van der Waals surface area (Å²) in [6.07, 6.45) is 3.38. The number of allylic oxidation sites excluding steroid dienone is 4. The van der Waals surface area contributed by atoms with Crippen molar-refractivity contribution in [3.63, 3.8) is 0 Å². The average molecular weight is 316 g/mol. The molecule has 1 aliphatic rings. The van der Waals surface area contributed by atoms with Crippen molar-refractivity contribution in [1.29, 1.82) is 0 Å². The number of hydrogen-bond donors (Lipinski definition) is 4. The molecule has 0 saturated heterocycles. The second-order valence-corrected chi connectivity index (χ2v) is 8.69. The van der Waals surface area contributed by atoms with Crippen molar-refractivity contribution in [2.24, 2.45) is 0 Å². The fourth-order valence-electron chi connectivity index (χ4n) is 2.14. The molecular formula is C12H14O6P2. The second kappa shape index (κ2) is 5.08. The summed E-state index contributed by atoms with van der Waals surface area (Å²) in [5.41, 5.74) is 1.14. The van der Waals surface area contributed by atoms with Crippen molar-refractivity contribution < 1.29 is 28.7 Å². The molecule has 0 spiro atoms. The second-order valence-electron chi connectivity index (χ2n) is 4.56. The Balaban J connectivity index is 2.52. The van der Waals surface area contributed by atoms with Crippen molar-refractivity contribution in [2.45, 2.75) is 11.3 Å². The van der Waals surface area contributed by atoms with Crippen molar-refractivity contribution in [3.8, 4) is 0 Å². The van der Waals surface area contributed by atoms with Gasteiger partial charge in [-0.05, 0) is 11.1 Å². The Morgan fingerprint density at radius 3 is 2.00 bits per heavy atom. The van der Waals surface area contributed by atoms with Crippen LogP contribution in [0.2, 0.25) is 0 Å². The molecule has 0 aromatic heterocycles. The quantitative estimate of drug-likeness (QED) is 0.635. The third-order valence-corrected chi connectivity index (χ3v) is 7.46. The van der Waals surface area contributed by atoms with E-state index in [4.69, 9.17) is 0 Å². The van der Waals surface area contributed by atoms with Crippen LogP contribution in [-0.2, 0) is 9.13 Å². The van der Waals surface area contributed by atoms with Gasteiger partial charge in [0.1, 0.15) is 0 Å². The van der Waals surface area contributed by atoms with E-state index in [-0.39, 0.29) is 0 Å². The van der Waals surface area contributed by atoms with E-state index >= 15 is 0 Å². The SMILES string of the molecule is O=P(O)(O)C1(P(=O)(O)O)C=CC=C(c2ccccc2)C1. The first-order valence-electron chi connectivity index (χ1n) is 5.72. The molecule has 1 aromatic carbocycles. The smallest absolute Gasteiger partial charge is 0.323 e. The fourth-order valence-corrected chi connectivity index (χ4v) is 4.81. The summed E-state index contributed by atoms with van der Waals surface area (Å²) in [5, 5.41) is 0. The van der Waals surface area contributed by atoms with Crippen molar-refractivity contribution in [2.75, 3.05) is 0 Å². The van der Waals surface area contributed by atoms with Gasteiger partial charge in [-0.2, -0.15) is 0 Å². The van der Waals surface area contributed by atoms with Gasteiger partial charge >= 0.3 is 15.2 Å².